The Bertz CT molecular complexity index is 856. The topological polar surface area (TPSA) is 73.2 Å². The summed E-state index contributed by atoms with van der Waals surface area (Å²) in [7, 11) is 0. The maximum atomic E-state index is 13.2. The number of nitrogens with one attached hydrogen (secondary N) is 1. The van der Waals surface area contributed by atoms with Crippen molar-refractivity contribution in [3.05, 3.63) is 47.0 Å². The molecule has 2 aliphatic carbocycles. The van der Waals surface area contributed by atoms with Gasteiger partial charge in [-0.3, -0.25) is 4.79 Å². The van der Waals surface area contributed by atoms with E-state index in [1.54, 1.807) is 23.7 Å². The molecule has 4 rings (SSSR count). The number of aromatic nitrogens is 2. The SMILES string of the molecule is CC(OC(=O)c1nn(-c2ccc(F)cc2)c2c1CCC2)C(=O)NC1CC1. The minimum Gasteiger partial charge on any atom is -0.448 e. The summed E-state index contributed by atoms with van der Waals surface area (Å²) < 4.78 is 20.2. The molecule has 0 bridgehead atoms. The van der Waals surface area contributed by atoms with Crippen molar-refractivity contribution in [1.29, 1.82) is 0 Å². The van der Waals surface area contributed by atoms with Gasteiger partial charge in [0.25, 0.3) is 5.91 Å². The van der Waals surface area contributed by atoms with Crippen LogP contribution in [0.4, 0.5) is 4.39 Å². The summed E-state index contributed by atoms with van der Waals surface area (Å²) in [4.78, 5) is 24.6. The molecule has 0 radical (unpaired) electrons. The van der Waals surface area contributed by atoms with Crippen LogP contribution in [0.3, 0.4) is 0 Å². The van der Waals surface area contributed by atoms with E-state index in [1.165, 1.54) is 12.1 Å². The molecule has 0 spiro atoms. The average Bonchev–Trinajstić information content (AvgIpc) is 3.17. The van der Waals surface area contributed by atoms with Crippen molar-refractivity contribution >= 4 is 11.9 Å². The number of nitrogens with zero attached hydrogens (tertiary/aromatic N) is 2. The second-order valence-electron chi connectivity index (χ2n) is 6.85. The number of rotatable bonds is 5. The average molecular weight is 357 g/mol. The molecule has 1 unspecified atom stereocenters. The second kappa shape index (κ2) is 6.55. The van der Waals surface area contributed by atoms with E-state index in [1.807, 2.05) is 0 Å². The first-order chi connectivity index (χ1) is 12.5. The van der Waals surface area contributed by atoms with Crippen LogP contribution in [0.15, 0.2) is 24.3 Å². The van der Waals surface area contributed by atoms with E-state index in [0.29, 0.717) is 5.69 Å². The quantitative estimate of drug-likeness (QED) is 0.834. The van der Waals surface area contributed by atoms with Gasteiger partial charge in [0.15, 0.2) is 11.8 Å². The van der Waals surface area contributed by atoms with Gasteiger partial charge >= 0.3 is 5.97 Å². The van der Waals surface area contributed by atoms with Gasteiger partial charge in [0, 0.05) is 17.3 Å². The van der Waals surface area contributed by atoms with Crippen LogP contribution in [0.2, 0.25) is 0 Å². The zero-order chi connectivity index (χ0) is 18.3. The number of ether oxygens (including phenoxy) is 1. The number of hydrogen-bond donors (Lipinski definition) is 1. The fourth-order valence-electron chi connectivity index (χ4n) is 3.21. The maximum Gasteiger partial charge on any atom is 0.359 e. The van der Waals surface area contributed by atoms with Gasteiger partial charge in [-0.1, -0.05) is 0 Å². The molecule has 0 saturated heterocycles. The van der Waals surface area contributed by atoms with Gasteiger partial charge in [0.05, 0.1) is 5.69 Å². The monoisotopic (exact) mass is 357 g/mol. The first-order valence-electron chi connectivity index (χ1n) is 8.91. The molecule has 1 atom stereocenters. The van der Waals surface area contributed by atoms with Crippen molar-refractivity contribution in [2.75, 3.05) is 0 Å². The summed E-state index contributed by atoms with van der Waals surface area (Å²) in [5, 5.41) is 7.23. The smallest absolute Gasteiger partial charge is 0.359 e. The molecule has 1 amide bonds. The van der Waals surface area contributed by atoms with Gasteiger partial charge in [-0.15, -0.1) is 0 Å². The fraction of sp³-hybridized carbons (Fsp3) is 0.421. The number of carbonyl (C=O) groups is 2. The van der Waals surface area contributed by atoms with Crippen molar-refractivity contribution in [2.24, 2.45) is 0 Å². The van der Waals surface area contributed by atoms with Crippen LogP contribution in [0.25, 0.3) is 5.69 Å². The Hall–Kier alpha value is -2.70. The van der Waals surface area contributed by atoms with E-state index in [0.717, 1.165) is 43.4 Å². The molecule has 6 nitrogen and oxygen atoms in total. The Morgan fingerprint density at radius 1 is 1.27 bits per heavy atom. The van der Waals surface area contributed by atoms with Crippen LogP contribution in [0.5, 0.6) is 0 Å². The van der Waals surface area contributed by atoms with Crippen LogP contribution in [0, 0.1) is 5.82 Å². The molecular weight excluding hydrogens is 337 g/mol. The molecule has 1 N–H and O–H groups in total. The Balaban J connectivity index is 1.56. The Morgan fingerprint density at radius 2 is 2.00 bits per heavy atom. The van der Waals surface area contributed by atoms with Gasteiger partial charge < -0.3 is 10.1 Å². The predicted octanol–water partition coefficient (Wildman–Crippen LogP) is 2.32. The molecule has 7 heteroatoms. The lowest BCUT2D eigenvalue weighted by atomic mass is 10.2. The minimum absolute atomic E-state index is 0.214. The molecule has 0 aliphatic heterocycles. The first kappa shape index (κ1) is 16.8. The number of halogens is 1. The number of fused-ring (bicyclic) bond motifs is 1. The third-order valence-corrected chi connectivity index (χ3v) is 4.77. The summed E-state index contributed by atoms with van der Waals surface area (Å²) in [5.41, 5.74) is 2.74. The summed E-state index contributed by atoms with van der Waals surface area (Å²) >= 11 is 0. The molecule has 2 aliphatic rings. The van der Waals surface area contributed by atoms with E-state index in [4.69, 9.17) is 4.74 Å². The summed E-state index contributed by atoms with van der Waals surface area (Å²) in [6.07, 6.45) is 3.54. The molecule has 1 aromatic carbocycles. The van der Waals surface area contributed by atoms with Gasteiger partial charge in [-0.25, -0.2) is 13.9 Å². The van der Waals surface area contributed by atoms with E-state index in [9.17, 15) is 14.0 Å². The highest BCUT2D eigenvalue weighted by atomic mass is 19.1. The third kappa shape index (κ3) is 3.21. The molecule has 2 aromatic rings. The normalized spacial score (nSPS) is 16.8. The van der Waals surface area contributed by atoms with Gasteiger partial charge in [-0.05, 0) is 63.3 Å². The van der Waals surface area contributed by atoms with Crippen LogP contribution in [0.1, 0.15) is 47.9 Å². The molecular formula is C19H20FN3O3. The lowest BCUT2D eigenvalue weighted by Crippen LogP contribution is -2.37. The zero-order valence-electron chi connectivity index (χ0n) is 14.5. The molecule has 26 heavy (non-hydrogen) atoms. The molecule has 1 aromatic heterocycles. The fourth-order valence-corrected chi connectivity index (χ4v) is 3.21. The Kier molecular flexibility index (Phi) is 4.22. The highest BCUT2D eigenvalue weighted by Gasteiger charge is 2.31. The molecule has 1 heterocycles. The first-order valence-corrected chi connectivity index (χ1v) is 8.91. The highest BCUT2D eigenvalue weighted by Crippen LogP contribution is 2.28. The Morgan fingerprint density at radius 3 is 2.69 bits per heavy atom. The van der Waals surface area contributed by atoms with E-state index < -0.39 is 12.1 Å². The van der Waals surface area contributed by atoms with Gasteiger partial charge in [0.1, 0.15) is 5.82 Å². The van der Waals surface area contributed by atoms with Crippen LogP contribution < -0.4 is 5.32 Å². The summed E-state index contributed by atoms with van der Waals surface area (Å²) in [5.74, 6) is -1.20. The highest BCUT2D eigenvalue weighted by molar-refractivity contribution is 5.92. The summed E-state index contributed by atoms with van der Waals surface area (Å²) in [6, 6.07) is 6.19. The standard InChI is InChI=1S/C19H20FN3O3/c1-11(18(24)21-13-7-8-13)26-19(25)17-15-3-2-4-16(15)23(22-17)14-9-5-12(20)6-10-14/h5-6,9-11,13H,2-4,7-8H2,1H3,(H,21,24). The molecule has 1 fully saturated rings. The molecule has 136 valence electrons. The van der Waals surface area contributed by atoms with Crippen LogP contribution in [-0.4, -0.2) is 33.8 Å². The minimum atomic E-state index is -0.865. The maximum absolute atomic E-state index is 13.2. The lowest BCUT2D eigenvalue weighted by Gasteiger charge is -2.12. The second-order valence-corrected chi connectivity index (χ2v) is 6.85. The Labute approximate surface area is 150 Å². The number of benzene rings is 1. The van der Waals surface area contributed by atoms with E-state index in [-0.39, 0.29) is 23.5 Å². The molecule has 1 saturated carbocycles. The number of carbonyl (C=O) groups excluding carboxylic acids is 2. The van der Waals surface area contributed by atoms with Crippen molar-refractivity contribution in [2.45, 2.75) is 51.2 Å². The van der Waals surface area contributed by atoms with Crippen molar-refractivity contribution in [3.8, 4) is 5.69 Å². The number of hydrogen-bond acceptors (Lipinski definition) is 4. The van der Waals surface area contributed by atoms with Crippen molar-refractivity contribution in [1.82, 2.24) is 15.1 Å². The van der Waals surface area contributed by atoms with Crippen LogP contribution >= 0.6 is 0 Å². The van der Waals surface area contributed by atoms with Crippen molar-refractivity contribution < 1.29 is 18.7 Å². The van der Waals surface area contributed by atoms with E-state index >= 15 is 0 Å². The van der Waals surface area contributed by atoms with Gasteiger partial charge in [-0.2, -0.15) is 5.10 Å². The largest absolute Gasteiger partial charge is 0.448 e. The van der Waals surface area contributed by atoms with E-state index in [2.05, 4.69) is 10.4 Å². The number of esters is 1. The predicted molar refractivity (Wildman–Crippen MR) is 91.6 cm³/mol. The van der Waals surface area contributed by atoms with Crippen LogP contribution in [-0.2, 0) is 22.4 Å². The summed E-state index contributed by atoms with van der Waals surface area (Å²) in [6.45, 7) is 1.56. The van der Waals surface area contributed by atoms with Crippen molar-refractivity contribution in [3.63, 3.8) is 0 Å². The number of amides is 1. The third-order valence-electron chi connectivity index (χ3n) is 4.77. The zero-order valence-corrected chi connectivity index (χ0v) is 14.5. The lowest BCUT2D eigenvalue weighted by molar-refractivity contribution is -0.129. The van der Waals surface area contributed by atoms with Gasteiger partial charge in [0.2, 0.25) is 0 Å².